The molecule has 0 bridgehead atoms. The van der Waals surface area contributed by atoms with E-state index < -0.39 is 0 Å². The van der Waals surface area contributed by atoms with E-state index in [2.05, 4.69) is 39.4 Å². The molecule has 1 amide bonds. The predicted octanol–water partition coefficient (Wildman–Crippen LogP) is 3.35. The Morgan fingerprint density at radius 2 is 2.00 bits per heavy atom. The molecular weight excluding hydrogens is 366 g/mol. The van der Waals surface area contributed by atoms with Gasteiger partial charge in [-0.2, -0.15) is 5.10 Å². The Morgan fingerprint density at radius 1 is 1.14 bits per heavy atom. The topological polar surface area (TPSA) is 78.3 Å². The summed E-state index contributed by atoms with van der Waals surface area (Å²) in [5.74, 6) is 0.466. The molecule has 7 heteroatoms. The van der Waals surface area contributed by atoms with Gasteiger partial charge in [-0.15, -0.1) is 0 Å². The smallest absolute Gasteiger partial charge is 0.276 e. The number of hydrogen-bond acceptors (Lipinski definition) is 5. The number of amides is 1. The van der Waals surface area contributed by atoms with Crippen molar-refractivity contribution in [1.29, 1.82) is 0 Å². The molecule has 0 radical (unpaired) electrons. The van der Waals surface area contributed by atoms with Crippen molar-refractivity contribution < 1.29 is 9.32 Å². The predicted molar refractivity (Wildman–Crippen MR) is 109 cm³/mol. The van der Waals surface area contributed by atoms with Gasteiger partial charge in [-0.3, -0.25) is 9.89 Å². The van der Waals surface area contributed by atoms with Gasteiger partial charge in [0.25, 0.3) is 5.91 Å². The minimum atomic E-state index is -0.105. The zero-order valence-corrected chi connectivity index (χ0v) is 16.1. The Hall–Kier alpha value is -3.45. The zero-order chi connectivity index (χ0) is 19.8. The number of H-pyrrole nitrogens is 1. The number of carbonyl (C=O) groups is 1. The SMILES string of the molecule is CN1CCN(C(=O)c2cc(-c3ccc4[nH]ncc4c3)on2)C(c2ccccc2)C1. The maximum atomic E-state index is 13.3. The molecule has 1 fully saturated rings. The van der Waals surface area contributed by atoms with Gasteiger partial charge in [-0.25, -0.2) is 0 Å². The Labute approximate surface area is 167 Å². The van der Waals surface area contributed by atoms with E-state index in [0.717, 1.165) is 35.1 Å². The summed E-state index contributed by atoms with van der Waals surface area (Å²) < 4.78 is 5.51. The van der Waals surface area contributed by atoms with Crippen LogP contribution in [0.1, 0.15) is 22.1 Å². The van der Waals surface area contributed by atoms with Crippen molar-refractivity contribution in [2.75, 3.05) is 26.7 Å². The van der Waals surface area contributed by atoms with Gasteiger partial charge < -0.3 is 14.3 Å². The van der Waals surface area contributed by atoms with Crippen LogP contribution in [-0.2, 0) is 0 Å². The second-order valence-electron chi connectivity index (χ2n) is 7.44. The van der Waals surface area contributed by atoms with Crippen molar-refractivity contribution >= 4 is 16.8 Å². The van der Waals surface area contributed by atoms with Crippen molar-refractivity contribution in [1.82, 2.24) is 25.2 Å². The number of benzene rings is 2. The van der Waals surface area contributed by atoms with Gasteiger partial charge in [-0.1, -0.05) is 35.5 Å². The molecule has 0 saturated carbocycles. The van der Waals surface area contributed by atoms with E-state index in [-0.39, 0.29) is 11.9 Å². The largest absolute Gasteiger partial charge is 0.355 e. The molecule has 1 saturated heterocycles. The number of hydrogen-bond donors (Lipinski definition) is 1. The zero-order valence-electron chi connectivity index (χ0n) is 16.1. The maximum absolute atomic E-state index is 13.3. The highest BCUT2D eigenvalue weighted by Crippen LogP contribution is 2.28. The van der Waals surface area contributed by atoms with Crippen LogP contribution in [0.5, 0.6) is 0 Å². The van der Waals surface area contributed by atoms with Gasteiger partial charge in [0.1, 0.15) is 0 Å². The van der Waals surface area contributed by atoms with E-state index >= 15 is 0 Å². The molecule has 5 rings (SSSR count). The Kier molecular flexibility index (Phi) is 4.37. The summed E-state index contributed by atoms with van der Waals surface area (Å²) in [6.07, 6.45) is 1.76. The molecule has 29 heavy (non-hydrogen) atoms. The number of fused-ring (bicyclic) bond motifs is 1. The number of carbonyl (C=O) groups excluding carboxylic acids is 1. The second kappa shape index (κ2) is 7.18. The summed E-state index contributed by atoms with van der Waals surface area (Å²) in [5.41, 5.74) is 3.27. The van der Waals surface area contributed by atoms with Gasteiger partial charge in [-0.05, 0) is 30.8 Å². The van der Waals surface area contributed by atoms with E-state index in [1.165, 1.54) is 0 Å². The fourth-order valence-corrected chi connectivity index (χ4v) is 3.88. The summed E-state index contributed by atoms with van der Waals surface area (Å²) >= 11 is 0. The highest BCUT2D eigenvalue weighted by atomic mass is 16.5. The number of likely N-dealkylation sites (N-methyl/N-ethyl adjacent to an activating group) is 1. The summed E-state index contributed by atoms with van der Waals surface area (Å²) in [7, 11) is 2.08. The van der Waals surface area contributed by atoms with Gasteiger partial charge in [0.05, 0.1) is 17.8 Å². The van der Waals surface area contributed by atoms with Gasteiger partial charge >= 0.3 is 0 Å². The molecule has 7 nitrogen and oxygen atoms in total. The molecule has 2 aromatic heterocycles. The first-order valence-corrected chi connectivity index (χ1v) is 9.64. The van der Waals surface area contributed by atoms with Crippen molar-refractivity contribution in [2.45, 2.75) is 6.04 Å². The molecule has 1 unspecified atom stereocenters. The number of aromatic amines is 1. The van der Waals surface area contributed by atoms with E-state index in [9.17, 15) is 4.79 Å². The van der Waals surface area contributed by atoms with Crippen molar-refractivity contribution in [3.63, 3.8) is 0 Å². The molecule has 0 spiro atoms. The Morgan fingerprint density at radius 3 is 2.86 bits per heavy atom. The first kappa shape index (κ1) is 17.6. The second-order valence-corrected chi connectivity index (χ2v) is 7.44. The lowest BCUT2D eigenvalue weighted by Gasteiger charge is -2.40. The number of nitrogens with one attached hydrogen (secondary N) is 1. The van der Waals surface area contributed by atoms with Crippen molar-refractivity contribution in [3.05, 3.63) is 72.1 Å². The molecule has 1 aliphatic heterocycles. The standard InChI is InChI=1S/C22H21N5O2/c1-26-9-10-27(20(14-26)15-5-3-2-4-6-15)22(28)19-12-21(29-25-19)16-7-8-18-17(11-16)13-23-24-18/h2-8,11-13,20H,9-10,14H2,1H3,(H,23,24). The molecular formula is C22H21N5O2. The van der Waals surface area contributed by atoms with Crippen LogP contribution < -0.4 is 0 Å². The highest BCUT2D eigenvalue weighted by molar-refractivity contribution is 5.94. The third kappa shape index (κ3) is 3.30. The molecule has 3 heterocycles. The minimum Gasteiger partial charge on any atom is -0.355 e. The van der Waals surface area contributed by atoms with Crippen molar-refractivity contribution in [3.8, 4) is 11.3 Å². The lowest BCUT2D eigenvalue weighted by Crippen LogP contribution is -2.49. The van der Waals surface area contributed by atoms with Crippen LogP contribution in [0, 0.1) is 0 Å². The van der Waals surface area contributed by atoms with Gasteiger partial charge in [0, 0.05) is 36.7 Å². The summed E-state index contributed by atoms with van der Waals surface area (Å²) in [5, 5.41) is 12.0. The first-order chi connectivity index (χ1) is 14.2. The molecule has 4 aromatic rings. The third-order valence-corrected chi connectivity index (χ3v) is 5.48. The highest BCUT2D eigenvalue weighted by Gasteiger charge is 2.32. The normalized spacial score (nSPS) is 17.7. The average molecular weight is 387 g/mol. The maximum Gasteiger partial charge on any atom is 0.276 e. The summed E-state index contributed by atoms with van der Waals surface area (Å²) in [6, 6.07) is 17.7. The Bertz CT molecular complexity index is 1150. The molecule has 1 atom stereocenters. The van der Waals surface area contributed by atoms with Crippen LogP contribution in [0.3, 0.4) is 0 Å². The third-order valence-electron chi connectivity index (χ3n) is 5.48. The quantitative estimate of drug-likeness (QED) is 0.583. The van der Waals surface area contributed by atoms with Crippen LogP contribution in [0.25, 0.3) is 22.2 Å². The number of nitrogens with zero attached hydrogens (tertiary/aromatic N) is 4. The Balaban J connectivity index is 1.43. The summed E-state index contributed by atoms with van der Waals surface area (Å²) in [4.78, 5) is 17.4. The minimum absolute atomic E-state index is 0.00937. The lowest BCUT2D eigenvalue weighted by molar-refractivity contribution is 0.0488. The number of rotatable bonds is 3. The molecule has 2 aromatic carbocycles. The monoisotopic (exact) mass is 387 g/mol. The van der Waals surface area contributed by atoms with Crippen LogP contribution in [0.2, 0.25) is 0 Å². The number of aromatic nitrogens is 3. The van der Waals surface area contributed by atoms with E-state index in [0.29, 0.717) is 18.0 Å². The fraction of sp³-hybridized carbons (Fsp3) is 0.227. The average Bonchev–Trinajstić information content (AvgIpc) is 3.43. The van der Waals surface area contributed by atoms with E-state index in [1.807, 2.05) is 41.3 Å². The van der Waals surface area contributed by atoms with Crippen molar-refractivity contribution in [2.24, 2.45) is 0 Å². The summed E-state index contributed by atoms with van der Waals surface area (Å²) in [6.45, 7) is 2.27. The first-order valence-electron chi connectivity index (χ1n) is 9.64. The van der Waals surface area contributed by atoms with Crippen LogP contribution in [-0.4, -0.2) is 57.7 Å². The van der Waals surface area contributed by atoms with Crippen LogP contribution in [0.15, 0.2) is 65.3 Å². The molecule has 146 valence electrons. The number of piperazine rings is 1. The van der Waals surface area contributed by atoms with Gasteiger partial charge in [0.2, 0.25) is 0 Å². The molecule has 1 N–H and O–H groups in total. The lowest BCUT2D eigenvalue weighted by atomic mass is 10.0. The van der Waals surface area contributed by atoms with E-state index in [4.69, 9.17) is 4.52 Å². The molecule has 0 aliphatic carbocycles. The molecule has 1 aliphatic rings. The van der Waals surface area contributed by atoms with E-state index in [1.54, 1.807) is 12.3 Å². The van der Waals surface area contributed by atoms with Crippen LogP contribution >= 0.6 is 0 Å². The van der Waals surface area contributed by atoms with Crippen LogP contribution in [0.4, 0.5) is 0 Å². The fourth-order valence-electron chi connectivity index (χ4n) is 3.88. The van der Waals surface area contributed by atoms with Gasteiger partial charge in [0.15, 0.2) is 11.5 Å².